The number of nitrogens with two attached hydrogens (primary N) is 1. The number of nitrogens with one attached hydrogen (secondary N) is 1. The van der Waals surface area contributed by atoms with Gasteiger partial charge in [-0.3, -0.25) is 14.9 Å². The zero-order valence-corrected chi connectivity index (χ0v) is 11.7. The van der Waals surface area contributed by atoms with Crippen LogP contribution in [0.3, 0.4) is 0 Å². The van der Waals surface area contributed by atoms with Crippen molar-refractivity contribution in [3.63, 3.8) is 0 Å². The maximum absolute atomic E-state index is 12.1. The second kappa shape index (κ2) is 5.25. The van der Waals surface area contributed by atoms with Gasteiger partial charge in [-0.25, -0.2) is 0 Å². The van der Waals surface area contributed by atoms with Crippen molar-refractivity contribution in [3.8, 4) is 0 Å². The topological polar surface area (TPSA) is 111 Å². The van der Waals surface area contributed by atoms with Crippen molar-refractivity contribution in [2.24, 2.45) is 0 Å². The molecular weight excluding hydrogens is 280 g/mol. The maximum Gasteiger partial charge on any atom is 0.293 e. The summed E-state index contributed by atoms with van der Waals surface area (Å²) in [6.07, 6.45) is 0. The number of nitrogen functional groups attached to an aromatic ring is 1. The summed E-state index contributed by atoms with van der Waals surface area (Å²) in [6, 6.07) is 4.57. The molecule has 20 heavy (non-hydrogen) atoms. The molecule has 1 heterocycles. The van der Waals surface area contributed by atoms with Gasteiger partial charge in [-0.05, 0) is 43.1 Å². The van der Waals surface area contributed by atoms with E-state index in [9.17, 15) is 14.9 Å². The van der Waals surface area contributed by atoms with Gasteiger partial charge in [0, 0.05) is 6.07 Å². The summed E-state index contributed by atoms with van der Waals surface area (Å²) in [6.45, 7) is 3.47. The van der Waals surface area contributed by atoms with Gasteiger partial charge in [0.05, 0.1) is 16.2 Å². The third kappa shape index (κ3) is 2.75. The molecule has 7 nitrogen and oxygen atoms in total. The number of hydrogen-bond donors (Lipinski definition) is 2. The molecule has 0 saturated heterocycles. The lowest BCUT2D eigenvalue weighted by Crippen LogP contribution is -2.14. The second-order valence-electron chi connectivity index (χ2n) is 4.29. The van der Waals surface area contributed by atoms with Gasteiger partial charge in [-0.2, -0.15) is 4.37 Å². The summed E-state index contributed by atoms with van der Waals surface area (Å²) in [7, 11) is 0. The highest BCUT2D eigenvalue weighted by Gasteiger charge is 2.20. The van der Waals surface area contributed by atoms with Crippen LogP contribution in [0.5, 0.6) is 0 Å². The van der Waals surface area contributed by atoms with Crippen molar-refractivity contribution in [1.29, 1.82) is 0 Å². The average Bonchev–Trinajstić information content (AvgIpc) is 2.76. The van der Waals surface area contributed by atoms with Crippen molar-refractivity contribution < 1.29 is 9.72 Å². The molecule has 2 rings (SSSR count). The Bertz CT molecular complexity index is 696. The number of carbonyl (C=O) groups excluding carboxylic acids is 1. The van der Waals surface area contributed by atoms with Gasteiger partial charge in [0.25, 0.3) is 11.6 Å². The summed E-state index contributed by atoms with van der Waals surface area (Å²) in [5.74, 6) is -0.488. The quantitative estimate of drug-likeness (QED) is 0.513. The third-order valence-corrected chi connectivity index (χ3v) is 3.40. The van der Waals surface area contributed by atoms with Crippen LogP contribution in [-0.2, 0) is 0 Å². The predicted molar refractivity (Wildman–Crippen MR) is 77.0 cm³/mol. The van der Waals surface area contributed by atoms with Crippen molar-refractivity contribution in [2.45, 2.75) is 13.8 Å². The minimum Gasteiger partial charge on any atom is -0.393 e. The Kier molecular flexibility index (Phi) is 3.66. The maximum atomic E-state index is 12.1. The lowest BCUT2D eigenvalue weighted by molar-refractivity contribution is -0.384. The molecule has 0 fully saturated rings. The molecule has 3 N–H and O–H groups in total. The standard InChI is InChI=1S/C12H12N4O3S/c1-6-3-8(11(13)9(4-6)16(18)19)12(17)14-10-5-7(2)15-20-10/h3-5H,13H2,1-2H3,(H,14,17). The Labute approximate surface area is 118 Å². The Morgan fingerprint density at radius 2 is 2.10 bits per heavy atom. The molecule has 0 radical (unpaired) electrons. The van der Waals surface area contributed by atoms with Crippen LogP contribution < -0.4 is 11.1 Å². The number of nitrogens with zero attached hydrogens (tertiary/aromatic N) is 2. The number of anilines is 2. The first-order valence-corrected chi connectivity index (χ1v) is 6.45. The first kappa shape index (κ1) is 13.9. The Morgan fingerprint density at radius 3 is 2.65 bits per heavy atom. The third-order valence-electron chi connectivity index (χ3n) is 2.61. The van der Waals surface area contributed by atoms with E-state index in [0.29, 0.717) is 10.6 Å². The van der Waals surface area contributed by atoms with Crippen molar-refractivity contribution in [1.82, 2.24) is 4.37 Å². The molecule has 0 unspecified atom stereocenters. The van der Waals surface area contributed by atoms with E-state index >= 15 is 0 Å². The molecule has 0 aliphatic heterocycles. The number of aryl methyl sites for hydroxylation is 2. The van der Waals surface area contributed by atoms with E-state index in [-0.39, 0.29) is 16.9 Å². The molecule has 0 bridgehead atoms. The Balaban J connectivity index is 2.37. The van der Waals surface area contributed by atoms with Crippen molar-refractivity contribution in [2.75, 3.05) is 11.1 Å². The normalized spacial score (nSPS) is 10.3. The van der Waals surface area contributed by atoms with Gasteiger partial charge in [0.2, 0.25) is 0 Å². The van der Waals surface area contributed by atoms with Crippen LogP contribution in [0.4, 0.5) is 16.4 Å². The number of amides is 1. The van der Waals surface area contributed by atoms with Crippen molar-refractivity contribution >= 4 is 33.8 Å². The molecule has 1 aromatic carbocycles. The molecule has 0 spiro atoms. The highest BCUT2D eigenvalue weighted by molar-refractivity contribution is 7.10. The van der Waals surface area contributed by atoms with E-state index in [1.54, 1.807) is 19.9 Å². The van der Waals surface area contributed by atoms with Crippen LogP contribution >= 0.6 is 11.5 Å². The molecular formula is C12H12N4O3S. The van der Waals surface area contributed by atoms with E-state index in [1.165, 1.54) is 12.1 Å². The number of hydrogen-bond acceptors (Lipinski definition) is 6. The SMILES string of the molecule is Cc1cc(C(=O)Nc2cc(C)ns2)c(N)c([N+](=O)[O-])c1. The van der Waals surface area contributed by atoms with E-state index in [4.69, 9.17) is 5.73 Å². The van der Waals surface area contributed by atoms with Gasteiger partial charge < -0.3 is 11.1 Å². The average molecular weight is 292 g/mol. The van der Waals surface area contributed by atoms with Crippen LogP contribution in [-0.4, -0.2) is 15.2 Å². The number of benzene rings is 1. The molecule has 104 valence electrons. The zero-order chi connectivity index (χ0) is 14.9. The largest absolute Gasteiger partial charge is 0.393 e. The molecule has 2 aromatic rings. The van der Waals surface area contributed by atoms with Crippen LogP contribution in [0, 0.1) is 24.0 Å². The van der Waals surface area contributed by atoms with E-state index in [1.807, 2.05) is 0 Å². The Hall–Kier alpha value is -2.48. The van der Waals surface area contributed by atoms with E-state index in [2.05, 4.69) is 9.69 Å². The van der Waals surface area contributed by atoms with Gasteiger partial charge in [-0.15, -0.1) is 0 Å². The Morgan fingerprint density at radius 1 is 1.40 bits per heavy atom. The van der Waals surface area contributed by atoms with Gasteiger partial charge in [0.15, 0.2) is 0 Å². The summed E-state index contributed by atoms with van der Waals surface area (Å²) in [5.41, 5.74) is 6.76. The molecule has 0 aliphatic rings. The van der Waals surface area contributed by atoms with Crippen LogP contribution in [0.15, 0.2) is 18.2 Å². The molecule has 0 aliphatic carbocycles. The highest BCUT2D eigenvalue weighted by atomic mass is 32.1. The monoisotopic (exact) mass is 292 g/mol. The molecule has 0 atom stereocenters. The number of rotatable bonds is 3. The summed E-state index contributed by atoms with van der Waals surface area (Å²) in [5, 5.41) is 14.1. The highest BCUT2D eigenvalue weighted by Crippen LogP contribution is 2.28. The van der Waals surface area contributed by atoms with Crippen LogP contribution in [0.2, 0.25) is 0 Å². The fraction of sp³-hybridized carbons (Fsp3) is 0.167. The van der Waals surface area contributed by atoms with Crippen LogP contribution in [0.25, 0.3) is 0 Å². The summed E-state index contributed by atoms with van der Waals surface area (Å²) >= 11 is 1.14. The lowest BCUT2D eigenvalue weighted by atomic mass is 10.1. The first-order chi connectivity index (χ1) is 9.38. The fourth-order valence-electron chi connectivity index (χ4n) is 1.72. The fourth-order valence-corrected chi connectivity index (χ4v) is 2.38. The molecule has 0 saturated carbocycles. The summed E-state index contributed by atoms with van der Waals surface area (Å²) < 4.78 is 4.04. The predicted octanol–water partition coefficient (Wildman–Crippen LogP) is 2.50. The number of aromatic nitrogens is 1. The van der Waals surface area contributed by atoms with Gasteiger partial charge >= 0.3 is 0 Å². The zero-order valence-electron chi connectivity index (χ0n) is 10.8. The van der Waals surface area contributed by atoms with Gasteiger partial charge in [-0.1, -0.05) is 0 Å². The van der Waals surface area contributed by atoms with E-state index in [0.717, 1.165) is 17.2 Å². The minimum absolute atomic E-state index is 0.0859. The molecule has 1 amide bonds. The molecule has 1 aromatic heterocycles. The molecule has 8 heteroatoms. The first-order valence-electron chi connectivity index (χ1n) is 5.67. The number of carbonyl (C=O) groups is 1. The smallest absolute Gasteiger partial charge is 0.293 e. The van der Waals surface area contributed by atoms with Gasteiger partial charge in [0.1, 0.15) is 10.7 Å². The summed E-state index contributed by atoms with van der Waals surface area (Å²) in [4.78, 5) is 22.4. The van der Waals surface area contributed by atoms with E-state index < -0.39 is 10.8 Å². The second-order valence-corrected chi connectivity index (χ2v) is 5.09. The van der Waals surface area contributed by atoms with Crippen LogP contribution in [0.1, 0.15) is 21.6 Å². The van der Waals surface area contributed by atoms with Crippen molar-refractivity contribution in [3.05, 3.63) is 45.1 Å². The minimum atomic E-state index is -0.601. The number of nitro benzene ring substituents is 1. The lowest BCUT2D eigenvalue weighted by Gasteiger charge is -2.07. The number of nitro groups is 1.